The predicted molar refractivity (Wildman–Crippen MR) is 79.6 cm³/mol. The average Bonchev–Trinajstić information content (AvgIpc) is 2.48. The fourth-order valence-electron chi connectivity index (χ4n) is 3.55. The van der Waals surface area contributed by atoms with Crippen LogP contribution in [0, 0.1) is 5.82 Å². The first kappa shape index (κ1) is 14.9. The number of benzene rings is 1. The van der Waals surface area contributed by atoms with Crippen LogP contribution in [0.3, 0.4) is 0 Å². The molecule has 1 aromatic rings. The summed E-state index contributed by atoms with van der Waals surface area (Å²) in [7, 11) is 0. The van der Waals surface area contributed by atoms with Gasteiger partial charge in [0.2, 0.25) is 0 Å². The summed E-state index contributed by atoms with van der Waals surface area (Å²) in [6, 6.07) is 6.81. The summed E-state index contributed by atoms with van der Waals surface area (Å²) in [6.45, 7) is 2.74. The molecule has 1 atom stereocenters. The standard InChI is InChI=1S/C17H24FNO2/c18-15-7-3-2-6-14(15)16-12-19(10-11-21-16)13-17(20)8-4-1-5-9-17/h2-3,6-7,16,20H,1,4-5,8-13H2. The van der Waals surface area contributed by atoms with Crippen molar-refractivity contribution >= 4 is 0 Å². The summed E-state index contributed by atoms with van der Waals surface area (Å²) in [4.78, 5) is 2.23. The van der Waals surface area contributed by atoms with Crippen molar-refractivity contribution in [2.75, 3.05) is 26.2 Å². The van der Waals surface area contributed by atoms with Crippen LogP contribution in [-0.2, 0) is 4.74 Å². The van der Waals surface area contributed by atoms with Crippen molar-refractivity contribution in [1.29, 1.82) is 0 Å². The van der Waals surface area contributed by atoms with E-state index in [0.717, 1.165) is 32.2 Å². The second-order valence-corrected chi connectivity index (χ2v) is 6.40. The highest BCUT2D eigenvalue weighted by Crippen LogP contribution is 2.31. The van der Waals surface area contributed by atoms with Gasteiger partial charge in [0.15, 0.2) is 0 Å². The van der Waals surface area contributed by atoms with Crippen molar-refractivity contribution in [3.63, 3.8) is 0 Å². The first-order valence-electron chi connectivity index (χ1n) is 7.97. The Morgan fingerprint density at radius 3 is 2.76 bits per heavy atom. The molecular formula is C17H24FNO2. The van der Waals surface area contributed by atoms with Crippen molar-refractivity contribution in [2.24, 2.45) is 0 Å². The Morgan fingerprint density at radius 2 is 2.00 bits per heavy atom. The van der Waals surface area contributed by atoms with E-state index >= 15 is 0 Å². The van der Waals surface area contributed by atoms with Gasteiger partial charge in [-0.05, 0) is 18.9 Å². The molecule has 0 bridgehead atoms. The van der Waals surface area contributed by atoms with Crippen molar-refractivity contribution < 1.29 is 14.2 Å². The van der Waals surface area contributed by atoms with Gasteiger partial charge in [-0.2, -0.15) is 0 Å². The van der Waals surface area contributed by atoms with Crippen LogP contribution in [0.2, 0.25) is 0 Å². The lowest BCUT2D eigenvalue weighted by atomic mass is 9.84. The maximum Gasteiger partial charge on any atom is 0.129 e. The number of hydrogen-bond acceptors (Lipinski definition) is 3. The van der Waals surface area contributed by atoms with Crippen LogP contribution in [0.5, 0.6) is 0 Å². The molecule has 2 aliphatic rings. The summed E-state index contributed by atoms with van der Waals surface area (Å²) < 4.78 is 19.6. The number of ether oxygens (including phenoxy) is 1. The van der Waals surface area contributed by atoms with E-state index in [9.17, 15) is 9.50 Å². The lowest BCUT2D eigenvalue weighted by molar-refractivity contribution is -0.0773. The zero-order valence-electron chi connectivity index (χ0n) is 12.4. The maximum absolute atomic E-state index is 13.9. The lowest BCUT2D eigenvalue weighted by Crippen LogP contribution is -2.49. The van der Waals surface area contributed by atoms with Gasteiger partial charge in [-0.15, -0.1) is 0 Å². The molecule has 21 heavy (non-hydrogen) atoms. The summed E-state index contributed by atoms with van der Waals surface area (Å²) in [5, 5.41) is 10.7. The second kappa shape index (κ2) is 6.42. The van der Waals surface area contributed by atoms with Crippen molar-refractivity contribution in [3.05, 3.63) is 35.6 Å². The third-order valence-electron chi connectivity index (χ3n) is 4.70. The Morgan fingerprint density at radius 1 is 1.24 bits per heavy atom. The van der Waals surface area contributed by atoms with Gasteiger partial charge in [0.25, 0.3) is 0 Å². The van der Waals surface area contributed by atoms with Gasteiger partial charge < -0.3 is 9.84 Å². The number of hydrogen-bond donors (Lipinski definition) is 1. The molecule has 116 valence electrons. The molecule has 0 amide bonds. The topological polar surface area (TPSA) is 32.7 Å². The smallest absolute Gasteiger partial charge is 0.129 e. The first-order valence-corrected chi connectivity index (χ1v) is 7.97. The molecular weight excluding hydrogens is 269 g/mol. The highest BCUT2D eigenvalue weighted by Gasteiger charge is 2.33. The van der Waals surface area contributed by atoms with Crippen LogP contribution in [-0.4, -0.2) is 41.8 Å². The Balaban J connectivity index is 1.64. The monoisotopic (exact) mass is 293 g/mol. The van der Waals surface area contributed by atoms with E-state index in [-0.39, 0.29) is 11.9 Å². The minimum atomic E-state index is -0.560. The molecule has 1 saturated heterocycles. The molecule has 0 spiro atoms. The van der Waals surface area contributed by atoms with Gasteiger partial charge in [-0.3, -0.25) is 4.90 Å². The molecule has 1 unspecified atom stereocenters. The van der Waals surface area contributed by atoms with Crippen LogP contribution in [0.1, 0.15) is 43.8 Å². The third-order valence-corrected chi connectivity index (χ3v) is 4.70. The van der Waals surface area contributed by atoms with Gasteiger partial charge in [0.05, 0.1) is 18.3 Å². The molecule has 1 heterocycles. The molecule has 2 fully saturated rings. The largest absolute Gasteiger partial charge is 0.389 e. The van der Waals surface area contributed by atoms with Crippen LogP contribution in [0.4, 0.5) is 4.39 Å². The van der Waals surface area contributed by atoms with E-state index in [4.69, 9.17) is 4.74 Å². The SMILES string of the molecule is OC1(CN2CCOC(c3ccccc3F)C2)CCCCC1. The normalized spacial score (nSPS) is 26.7. The number of nitrogens with zero attached hydrogens (tertiary/aromatic N) is 1. The van der Waals surface area contributed by atoms with E-state index in [2.05, 4.69) is 4.90 Å². The maximum atomic E-state index is 13.9. The Labute approximate surface area is 125 Å². The van der Waals surface area contributed by atoms with Crippen LogP contribution < -0.4 is 0 Å². The van der Waals surface area contributed by atoms with Gasteiger partial charge in [-0.25, -0.2) is 4.39 Å². The van der Waals surface area contributed by atoms with E-state index in [1.54, 1.807) is 12.1 Å². The average molecular weight is 293 g/mol. The van der Waals surface area contributed by atoms with E-state index < -0.39 is 5.60 Å². The fourth-order valence-corrected chi connectivity index (χ4v) is 3.55. The first-order chi connectivity index (χ1) is 10.2. The number of β-amino-alcohol motifs (C(OH)–C–C–N with tert-alkyl or cyclic N) is 1. The number of aliphatic hydroxyl groups is 1. The quantitative estimate of drug-likeness (QED) is 0.930. The zero-order valence-corrected chi connectivity index (χ0v) is 12.4. The number of morpholine rings is 1. The molecule has 3 nitrogen and oxygen atoms in total. The van der Waals surface area contributed by atoms with E-state index in [1.807, 2.05) is 6.07 Å². The third kappa shape index (κ3) is 3.62. The summed E-state index contributed by atoms with van der Waals surface area (Å²) in [5.41, 5.74) is 0.0628. The van der Waals surface area contributed by atoms with Crippen molar-refractivity contribution in [2.45, 2.75) is 43.8 Å². The highest BCUT2D eigenvalue weighted by molar-refractivity contribution is 5.20. The van der Waals surface area contributed by atoms with Gasteiger partial charge >= 0.3 is 0 Å². The highest BCUT2D eigenvalue weighted by atomic mass is 19.1. The summed E-state index contributed by atoms with van der Waals surface area (Å²) in [5.74, 6) is -0.208. The Bertz CT molecular complexity index is 474. The molecule has 4 heteroatoms. The Hall–Kier alpha value is -0.970. The molecule has 1 N–H and O–H groups in total. The fraction of sp³-hybridized carbons (Fsp3) is 0.647. The summed E-state index contributed by atoms with van der Waals surface area (Å²) in [6.07, 6.45) is 4.98. The molecule has 1 aliphatic carbocycles. The molecule has 3 rings (SSSR count). The minimum absolute atomic E-state index is 0.208. The van der Waals surface area contributed by atoms with Crippen LogP contribution >= 0.6 is 0 Å². The molecule has 1 saturated carbocycles. The van der Waals surface area contributed by atoms with E-state index in [0.29, 0.717) is 25.3 Å². The van der Waals surface area contributed by atoms with Crippen LogP contribution in [0.25, 0.3) is 0 Å². The summed E-state index contributed by atoms with van der Waals surface area (Å²) >= 11 is 0. The zero-order chi connectivity index (χ0) is 14.7. The van der Waals surface area contributed by atoms with Crippen molar-refractivity contribution in [1.82, 2.24) is 4.90 Å². The molecule has 0 radical (unpaired) electrons. The minimum Gasteiger partial charge on any atom is -0.389 e. The second-order valence-electron chi connectivity index (χ2n) is 6.40. The Kier molecular flexibility index (Phi) is 4.57. The van der Waals surface area contributed by atoms with Gasteiger partial charge in [0.1, 0.15) is 5.82 Å². The van der Waals surface area contributed by atoms with E-state index in [1.165, 1.54) is 12.5 Å². The molecule has 1 aliphatic heterocycles. The number of rotatable bonds is 3. The van der Waals surface area contributed by atoms with Gasteiger partial charge in [-0.1, -0.05) is 37.5 Å². The van der Waals surface area contributed by atoms with Gasteiger partial charge in [0, 0.05) is 25.2 Å². The molecule has 0 aromatic heterocycles. The lowest BCUT2D eigenvalue weighted by Gasteiger charge is -2.40. The molecule has 1 aromatic carbocycles. The predicted octanol–water partition coefficient (Wildman–Crippen LogP) is 2.89. The van der Waals surface area contributed by atoms with Crippen LogP contribution in [0.15, 0.2) is 24.3 Å². The van der Waals surface area contributed by atoms with Crippen molar-refractivity contribution in [3.8, 4) is 0 Å². The number of halogens is 1.